The van der Waals surface area contributed by atoms with E-state index >= 15 is 0 Å². The van der Waals surface area contributed by atoms with Crippen LogP contribution in [0.15, 0.2) is 12.1 Å². The molecule has 0 atom stereocenters. The molecule has 2 heteroatoms. The summed E-state index contributed by atoms with van der Waals surface area (Å²) in [6, 6.07) is 4.68. The second kappa shape index (κ2) is 5.50. The summed E-state index contributed by atoms with van der Waals surface area (Å²) in [5.41, 5.74) is 6.33. The summed E-state index contributed by atoms with van der Waals surface area (Å²) in [6.07, 6.45) is 5.57. The standard InChI is InChI=1S/C18H28N2/c1-14-10-15(2)17(16(3)11-14)12-20-9-8-19-13-18(20)6-4-5-7-18/h10-11,19H,4-9,12-13H2,1-3H3. The smallest absolute Gasteiger partial charge is 0.0338 e. The first kappa shape index (κ1) is 14.1. The Bertz CT molecular complexity index is 463. The normalized spacial score (nSPS) is 22.6. The van der Waals surface area contributed by atoms with Gasteiger partial charge in [-0.3, -0.25) is 4.90 Å². The van der Waals surface area contributed by atoms with Gasteiger partial charge in [-0.15, -0.1) is 0 Å². The van der Waals surface area contributed by atoms with E-state index in [2.05, 4.69) is 43.1 Å². The van der Waals surface area contributed by atoms with Crippen molar-refractivity contribution in [1.82, 2.24) is 10.2 Å². The zero-order chi connectivity index (χ0) is 14.2. The molecule has 0 unspecified atom stereocenters. The second-order valence-electron chi connectivity index (χ2n) is 6.91. The molecule has 20 heavy (non-hydrogen) atoms. The molecule has 0 radical (unpaired) electrons. The Morgan fingerprint density at radius 2 is 1.75 bits per heavy atom. The number of piperazine rings is 1. The van der Waals surface area contributed by atoms with Gasteiger partial charge >= 0.3 is 0 Å². The van der Waals surface area contributed by atoms with Gasteiger partial charge in [0.05, 0.1) is 0 Å². The quantitative estimate of drug-likeness (QED) is 0.888. The first-order chi connectivity index (χ1) is 9.61. The molecule has 2 aliphatic rings. The van der Waals surface area contributed by atoms with Gasteiger partial charge in [-0.1, -0.05) is 30.5 Å². The van der Waals surface area contributed by atoms with E-state index in [1.165, 1.54) is 55.5 Å². The minimum absolute atomic E-state index is 0.446. The van der Waals surface area contributed by atoms with Gasteiger partial charge in [-0.05, 0) is 50.3 Å². The van der Waals surface area contributed by atoms with Gasteiger partial charge in [0, 0.05) is 31.7 Å². The Labute approximate surface area is 123 Å². The van der Waals surface area contributed by atoms with Crippen LogP contribution in [0, 0.1) is 20.8 Å². The molecule has 3 rings (SSSR count). The van der Waals surface area contributed by atoms with Crippen molar-refractivity contribution in [2.24, 2.45) is 0 Å². The molecule has 1 aromatic carbocycles. The summed E-state index contributed by atoms with van der Waals surface area (Å²) in [5, 5.41) is 3.63. The lowest BCUT2D eigenvalue weighted by molar-refractivity contribution is 0.0569. The first-order valence-electron chi connectivity index (χ1n) is 8.13. The van der Waals surface area contributed by atoms with Crippen molar-refractivity contribution < 1.29 is 0 Å². The number of hydrogen-bond donors (Lipinski definition) is 1. The SMILES string of the molecule is Cc1cc(C)c(CN2CCNCC23CCCC3)c(C)c1. The third-order valence-corrected chi connectivity index (χ3v) is 5.41. The molecule has 1 N–H and O–H groups in total. The number of nitrogens with zero attached hydrogens (tertiary/aromatic N) is 1. The number of hydrogen-bond acceptors (Lipinski definition) is 2. The highest BCUT2D eigenvalue weighted by Gasteiger charge is 2.41. The van der Waals surface area contributed by atoms with Crippen LogP contribution in [-0.4, -0.2) is 30.1 Å². The molecule has 1 heterocycles. The Balaban J connectivity index is 1.86. The van der Waals surface area contributed by atoms with Gasteiger partial charge in [-0.25, -0.2) is 0 Å². The molecule has 1 saturated heterocycles. The first-order valence-corrected chi connectivity index (χ1v) is 8.13. The van der Waals surface area contributed by atoms with Crippen molar-refractivity contribution in [3.8, 4) is 0 Å². The summed E-state index contributed by atoms with van der Waals surface area (Å²) >= 11 is 0. The summed E-state index contributed by atoms with van der Waals surface area (Å²) in [5.74, 6) is 0. The molecule has 2 fully saturated rings. The van der Waals surface area contributed by atoms with E-state index in [4.69, 9.17) is 0 Å². The van der Waals surface area contributed by atoms with Gasteiger partial charge < -0.3 is 5.32 Å². The van der Waals surface area contributed by atoms with Crippen LogP contribution >= 0.6 is 0 Å². The molecule has 0 bridgehead atoms. The van der Waals surface area contributed by atoms with E-state index < -0.39 is 0 Å². The maximum absolute atomic E-state index is 3.63. The molecule has 1 aromatic rings. The molecule has 2 nitrogen and oxygen atoms in total. The van der Waals surface area contributed by atoms with Gasteiger partial charge in [0.25, 0.3) is 0 Å². The molecule has 1 aliphatic carbocycles. The van der Waals surface area contributed by atoms with E-state index in [0.717, 1.165) is 13.1 Å². The van der Waals surface area contributed by atoms with Crippen LogP contribution in [0.3, 0.4) is 0 Å². The summed E-state index contributed by atoms with van der Waals surface area (Å²) < 4.78 is 0. The molecule has 1 saturated carbocycles. The predicted molar refractivity (Wildman–Crippen MR) is 85.1 cm³/mol. The molecule has 0 amide bonds. The van der Waals surface area contributed by atoms with Crippen molar-refractivity contribution in [2.45, 2.75) is 58.5 Å². The number of rotatable bonds is 2. The topological polar surface area (TPSA) is 15.3 Å². The Kier molecular flexibility index (Phi) is 3.87. The highest BCUT2D eigenvalue weighted by Crippen LogP contribution is 2.37. The summed E-state index contributed by atoms with van der Waals surface area (Å²) in [4.78, 5) is 2.78. The molecule has 1 aliphatic heterocycles. The van der Waals surface area contributed by atoms with Crippen LogP contribution in [0.2, 0.25) is 0 Å². The van der Waals surface area contributed by atoms with Crippen LogP contribution in [0.25, 0.3) is 0 Å². The lowest BCUT2D eigenvalue weighted by Crippen LogP contribution is -2.59. The van der Waals surface area contributed by atoms with Crippen molar-refractivity contribution in [1.29, 1.82) is 0 Å². The van der Waals surface area contributed by atoms with E-state index in [0.29, 0.717) is 5.54 Å². The maximum atomic E-state index is 3.63. The number of nitrogens with one attached hydrogen (secondary N) is 1. The fraction of sp³-hybridized carbons (Fsp3) is 0.667. The average Bonchev–Trinajstić information content (AvgIpc) is 2.85. The lowest BCUT2D eigenvalue weighted by Gasteiger charge is -2.46. The third kappa shape index (κ3) is 2.51. The molecule has 1 spiro atoms. The Morgan fingerprint density at radius 1 is 1.10 bits per heavy atom. The fourth-order valence-corrected chi connectivity index (χ4v) is 4.31. The maximum Gasteiger partial charge on any atom is 0.0338 e. The number of aryl methyl sites for hydroxylation is 3. The molecule has 0 aromatic heterocycles. The minimum Gasteiger partial charge on any atom is -0.314 e. The molecular weight excluding hydrogens is 244 g/mol. The molecular formula is C18H28N2. The number of benzene rings is 1. The van der Waals surface area contributed by atoms with Crippen molar-refractivity contribution >= 4 is 0 Å². The highest BCUT2D eigenvalue weighted by molar-refractivity contribution is 5.37. The van der Waals surface area contributed by atoms with Crippen molar-refractivity contribution in [3.05, 3.63) is 34.4 Å². The summed E-state index contributed by atoms with van der Waals surface area (Å²) in [7, 11) is 0. The van der Waals surface area contributed by atoms with Crippen LogP contribution < -0.4 is 5.32 Å². The minimum atomic E-state index is 0.446. The molecule has 110 valence electrons. The Morgan fingerprint density at radius 3 is 2.40 bits per heavy atom. The fourth-order valence-electron chi connectivity index (χ4n) is 4.31. The van der Waals surface area contributed by atoms with Crippen LogP contribution in [-0.2, 0) is 6.54 Å². The van der Waals surface area contributed by atoms with Crippen LogP contribution in [0.1, 0.15) is 47.9 Å². The largest absolute Gasteiger partial charge is 0.314 e. The summed E-state index contributed by atoms with van der Waals surface area (Å²) in [6.45, 7) is 11.4. The Hall–Kier alpha value is -0.860. The highest BCUT2D eigenvalue weighted by atomic mass is 15.3. The van der Waals surface area contributed by atoms with Crippen molar-refractivity contribution in [3.63, 3.8) is 0 Å². The zero-order valence-electron chi connectivity index (χ0n) is 13.3. The van der Waals surface area contributed by atoms with E-state index in [1.54, 1.807) is 5.56 Å². The second-order valence-corrected chi connectivity index (χ2v) is 6.91. The van der Waals surface area contributed by atoms with E-state index in [-0.39, 0.29) is 0 Å². The monoisotopic (exact) mass is 272 g/mol. The third-order valence-electron chi connectivity index (χ3n) is 5.41. The van der Waals surface area contributed by atoms with Crippen LogP contribution in [0.4, 0.5) is 0 Å². The van der Waals surface area contributed by atoms with Crippen LogP contribution in [0.5, 0.6) is 0 Å². The van der Waals surface area contributed by atoms with Gasteiger partial charge in [0.2, 0.25) is 0 Å². The van der Waals surface area contributed by atoms with Gasteiger partial charge in [0.15, 0.2) is 0 Å². The van der Waals surface area contributed by atoms with E-state index in [1.807, 2.05) is 0 Å². The van der Waals surface area contributed by atoms with E-state index in [9.17, 15) is 0 Å². The van der Waals surface area contributed by atoms with Gasteiger partial charge in [-0.2, -0.15) is 0 Å². The van der Waals surface area contributed by atoms with Gasteiger partial charge in [0.1, 0.15) is 0 Å². The average molecular weight is 272 g/mol. The van der Waals surface area contributed by atoms with Crippen molar-refractivity contribution in [2.75, 3.05) is 19.6 Å². The predicted octanol–water partition coefficient (Wildman–Crippen LogP) is 3.33. The lowest BCUT2D eigenvalue weighted by atomic mass is 9.90. The zero-order valence-corrected chi connectivity index (χ0v) is 13.3.